The van der Waals surface area contributed by atoms with E-state index >= 15 is 0 Å². The average molecular weight is 405 g/mol. The van der Waals surface area contributed by atoms with E-state index < -0.39 is 21.4 Å². The Morgan fingerprint density at radius 2 is 2.22 bits per heavy atom. The molecule has 1 atom stereocenters. The fourth-order valence-corrected chi connectivity index (χ4v) is 3.15. The highest BCUT2D eigenvalue weighted by Crippen LogP contribution is 2.31. The topological polar surface area (TPSA) is 67.3 Å². The van der Waals surface area contributed by atoms with Crippen molar-refractivity contribution in [3.05, 3.63) is 21.0 Å². The summed E-state index contributed by atoms with van der Waals surface area (Å²) in [7, 11) is -4.71. The van der Waals surface area contributed by atoms with Gasteiger partial charge in [-0.05, 0) is 28.7 Å². The number of hydrogen-bond acceptors (Lipinski definition) is 4. The molecule has 98 valence electrons. The minimum Gasteiger partial charge on any atom is -0.310 e. The highest BCUT2D eigenvalue weighted by atomic mass is 127. The van der Waals surface area contributed by atoms with Crippen LogP contribution in [0.1, 0.15) is 6.42 Å². The molecule has 1 amide bonds. The van der Waals surface area contributed by atoms with Crippen molar-refractivity contribution in [1.29, 1.82) is 0 Å². The van der Waals surface area contributed by atoms with Gasteiger partial charge in [0.2, 0.25) is 5.91 Å². The SMILES string of the molecule is O=C1CC(S(=O)(=O)F)CN1c1ccnc(Cl)c1I. The van der Waals surface area contributed by atoms with Gasteiger partial charge in [-0.3, -0.25) is 4.79 Å². The van der Waals surface area contributed by atoms with Gasteiger partial charge in [-0.1, -0.05) is 11.6 Å². The van der Waals surface area contributed by atoms with Crippen molar-refractivity contribution in [2.24, 2.45) is 0 Å². The molecule has 2 heterocycles. The van der Waals surface area contributed by atoms with E-state index in [4.69, 9.17) is 11.6 Å². The van der Waals surface area contributed by atoms with E-state index in [9.17, 15) is 17.1 Å². The number of pyridine rings is 1. The Morgan fingerprint density at radius 1 is 1.56 bits per heavy atom. The van der Waals surface area contributed by atoms with Crippen molar-refractivity contribution >= 4 is 56.0 Å². The maximum Gasteiger partial charge on any atom is 0.307 e. The van der Waals surface area contributed by atoms with Gasteiger partial charge < -0.3 is 4.90 Å². The highest BCUT2D eigenvalue weighted by Gasteiger charge is 2.39. The molecule has 0 aliphatic carbocycles. The number of halogens is 3. The first-order valence-corrected chi connectivity index (χ1v) is 7.75. The number of hydrogen-bond donors (Lipinski definition) is 0. The standard InChI is InChI=1S/C9H7ClFIN2O3S/c10-9-8(12)6(1-2-13-9)14-4-5(3-7(14)15)18(11,16)17/h1-2,5H,3-4H2. The molecule has 1 aliphatic heterocycles. The van der Waals surface area contributed by atoms with Crippen LogP contribution in [0.25, 0.3) is 0 Å². The van der Waals surface area contributed by atoms with E-state index in [1.54, 1.807) is 6.07 Å². The maximum absolute atomic E-state index is 12.9. The van der Waals surface area contributed by atoms with E-state index in [0.29, 0.717) is 9.26 Å². The monoisotopic (exact) mass is 404 g/mol. The number of aromatic nitrogens is 1. The van der Waals surface area contributed by atoms with Crippen LogP contribution in [0.4, 0.5) is 9.57 Å². The van der Waals surface area contributed by atoms with E-state index in [2.05, 4.69) is 4.98 Å². The Bertz CT molecular complexity index is 610. The third-order valence-electron chi connectivity index (χ3n) is 2.60. The molecule has 0 N–H and O–H groups in total. The van der Waals surface area contributed by atoms with Crippen molar-refractivity contribution in [1.82, 2.24) is 4.98 Å². The maximum atomic E-state index is 12.9. The van der Waals surface area contributed by atoms with Gasteiger partial charge in [-0.15, -0.1) is 3.89 Å². The van der Waals surface area contributed by atoms with Crippen LogP contribution in [-0.2, 0) is 15.0 Å². The lowest BCUT2D eigenvalue weighted by molar-refractivity contribution is -0.117. The Kier molecular flexibility index (Phi) is 3.79. The summed E-state index contributed by atoms with van der Waals surface area (Å²) < 4.78 is 35.1. The predicted molar refractivity (Wildman–Crippen MR) is 72.7 cm³/mol. The lowest BCUT2D eigenvalue weighted by atomic mass is 10.3. The highest BCUT2D eigenvalue weighted by molar-refractivity contribution is 14.1. The number of carbonyl (C=O) groups excluding carboxylic acids is 1. The van der Waals surface area contributed by atoms with Crippen LogP contribution in [0.15, 0.2) is 12.3 Å². The molecule has 0 aromatic carbocycles. The molecule has 2 rings (SSSR count). The Morgan fingerprint density at radius 3 is 2.78 bits per heavy atom. The lowest BCUT2D eigenvalue weighted by Gasteiger charge is -2.17. The van der Waals surface area contributed by atoms with Gasteiger partial charge in [0, 0.05) is 19.2 Å². The van der Waals surface area contributed by atoms with Crippen LogP contribution >= 0.6 is 34.2 Å². The van der Waals surface area contributed by atoms with Crippen LogP contribution in [-0.4, -0.2) is 31.1 Å². The molecule has 1 aliphatic rings. The number of rotatable bonds is 2. The lowest BCUT2D eigenvalue weighted by Crippen LogP contribution is -2.27. The first kappa shape index (κ1) is 13.9. The van der Waals surface area contributed by atoms with Gasteiger partial charge in [0.05, 0.1) is 9.26 Å². The normalized spacial score (nSPS) is 20.5. The van der Waals surface area contributed by atoms with Crippen molar-refractivity contribution < 1.29 is 17.1 Å². The molecule has 9 heteroatoms. The van der Waals surface area contributed by atoms with Crippen molar-refractivity contribution in [3.63, 3.8) is 0 Å². The zero-order valence-electron chi connectivity index (χ0n) is 8.81. The van der Waals surface area contributed by atoms with Crippen LogP contribution in [0.2, 0.25) is 5.15 Å². The first-order chi connectivity index (χ1) is 8.30. The Hall–Kier alpha value is -0.480. The molecule has 0 bridgehead atoms. The van der Waals surface area contributed by atoms with E-state index in [-0.39, 0.29) is 18.1 Å². The first-order valence-electron chi connectivity index (χ1n) is 4.84. The van der Waals surface area contributed by atoms with Crippen LogP contribution in [0, 0.1) is 3.57 Å². The summed E-state index contributed by atoms with van der Waals surface area (Å²) in [5.74, 6) is -0.443. The van der Waals surface area contributed by atoms with Gasteiger partial charge in [0.15, 0.2) is 0 Å². The molecule has 1 aromatic heterocycles. The second-order valence-corrected chi connectivity index (χ2v) is 6.80. The quantitative estimate of drug-likeness (QED) is 0.428. The van der Waals surface area contributed by atoms with Gasteiger partial charge in [0.1, 0.15) is 10.4 Å². The predicted octanol–water partition coefficient (Wildman–Crippen LogP) is 1.74. The summed E-state index contributed by atoms with van der Waals surface area (Å²) in [5, 5.41) is -1.10. The van der Waals surface area contributed by atoms with E-state index in [1.807, 2.05) is 22.6 Å². The zero-order chi connectivity index (χ0) is 13.5. The Balaban J connectivity index is 2.36. The largest absolute Gasteiger partial charge is 0.310 e. The minimum absolute atomic E-state index is 0.200. The molecule has 5 nitrogen and oxygen atoms in total. The van der Waals surface area contributed by atoms with Crippen LogP contribution < -0.4 is 4.90 Å². The van der Waals surface area contributed by atoms with Crippen molar-refractivity contribution in [2.75, 3.05) is 11.4 Å². The zero-order valence-corrected chi connectivity index (χ0v) is 12.5. The van der Waals surface area contributed by atoms with Gasteiger partial charge >= 0.3 is 10.2 Å². The summed E-state index contributed by atoms with van der Waals surface area (Å²) in [6, 6.07) is 1.54. The number of carbonyl (C=O) groups is 1. The Labute approximate surface area is 122 Å². The molecule has 18 heavy (non-hydrogen) atoms. The van der Waals surface area contributed by atoms with Gasteiger partial charge in [0.25, 0.3) is 0 Å². The fraction of sp³-hybridized carbons (Fsp3) is 0.333. The third kappa shape index (κ3) is 2.59. The number of nitrogens with zero attached hydrogens (tertiary/aromatic N) is 2. The molecular formula is C9H7ClFIN2O3S. The minimum atomic E-state index is -4.71. The second kappa shape index (κ2) is 4.89. The molecule has 1 unspecified atom stereocenters. The summed E-state index contributed by atoms with van der Waals surface area (Å²) in [6.07, 6.45) is 1.05. The van der Waals surface area contributed by atoms with E-state index in [0.717, 1.165) is 0 Å². The van der Waals surface area contributed by atoms with Crippen LogP contribution in [0.3, 0.4) is 0 Å². The van der Waals surface area contributed by atoms with Crippen LogP contribution in [0.5, 0.6) is 0 Å². The average Bonchev–Trinajstić information content (AvgIpc) is 2.64. The van der Waals surface area contributed by atoms with Gasteiger partial charge in [-0.25, -0.2) is 4.98 Å². The molecule has 1 aromatic rings. The van der Waals surface area contributed by atoms with Crippen molar-refractivity contribution in [3.8, 4) is 0 Å². The summed E-state index contributed by atoms with van der Waals surface area (Å²) in [6.45, 7) is -0.200. The number of anilines is 1. The van der Waals surface area contributed by atoms with E-state index in [1.165, 1.54) is 11.1 Å². The van der Waals surface area contributed by atoms with Gasteiger partial charge in [-0.2, -0.15) is 8.42 Å². The van der Waals surface area contributed by atoms with Crippen molar-refractivity contribution in [2.45, 2.75) is 11.7 Å². The molecular weight excluding hydrogens is 398 g/mol. The molecule has 0 radical (unpaired) electrons. The smallest absolute Gasteiger partial charge is 0.307 e. The summed E-state index contributed by atoms with van der Waals surface area (Å²) in [5.41, 5.74) is 0.451. The molecule has 0 saturated carbocycles. The molecule has 0 spiro atoms. The summed E-state index contributed by atoms with van der Waals surface area (Å²) in [4.78, 5) is 16.8. The third-order valence-corrected chi connectivity index (χ3v) is 5.39. The molecule has 1 saturated heterocycles. The fourth-order valence-electron chi connectivity index (χ4n) is 1.71. The number of amides is 1. The molecule has 1 fully saturated rings. The second-order valence-electron chi connectivity index (χ2n) is 3.74. The summed E-state index contributed by atoms with van der Waals surface area (Å²) >= 11 is 7.72.